The lowest BCUT2D eigenvalue weighted by Gasteiger charge is -2.32. The van der Waals surface area contributed by atoms with Crippen LogP contribution in [-0.4, -0.2) is 60.5 Å². The van der Waals surface area contributed by atoms with Crippen molar-refractivity contribution in [3.8, 4) is 0 Å². The second kappa shape index (κ2) is 18.3. The van der Waals surface area contributed by atoms with Gasteiger partial charge in [-0.15, -0.1) is 0 Å². The number of nitrogens with zero attached hydrogens (tertiary/aromatic N) is 2. The topological polar surface area (TPSA) is 49.9 Å². The Labute approximate surface area is 204 Å². The molecule has 2 aliphatic rings. The van der Waals surface area contributed by atoms with Crippen LogP contribution in [0.3, 0.4) is 0 Å². The second-order valence-corrected chi connectivity index (χ2v) is 10.4. The van der Waals surface area contributed by atoms with Crippen molar-refractivity contribution in [3.05, 3.63) is 0 Å². The number of esters is 1. The highest BCUT2D eigenvalue weighted by molar-refractivity contribution is 5.78. The van der Waals surface area contributed by atoms with Gasteiger partial charge < -0.3 is 9.64 Å². The highest BCUT2D eigenvalue weighted by Gasteiger charge is 2.27. The lowest BCUT2D eigenvalue weighted by atomic mass is 10.0. The summed E-state index contributed by atoms with van der Waals surface area (Å²) in [5.41, 5.74) is 0. The Morgan fingerprint density at radius 3 is 1.88 bits per heavy atom. The van der Waals surface area contributed by atoms with E-state index in [1.807, 2.05) is 4.90 Å². The molecule has 1 amide bonds. The zero-order chi connectivity index (χ0) is 23.6. The molecule has 192 valence electrons. The van der Waals surface area contributed by atoms with Crippen LogP contribution in [0, 0.1) is 0 Å². The second-order valence-electron chi connectivity index (χ2n) is 10.4. The maximum absolute atomic E-state index is 12.5. The predicted molar refractivity (Wildman–Crippen MR) is 136 cm³/mol. The average molecular weight is 465 g/mol. The molecule has 2 saturated heterocycles. The normalized spacial score (nSPS) is 18.1. The predicted octanol–water partition coefficient (Wildman–Crippen LogP) is 6.49. The van der Waals surface area contributed by atoms with Gasteiger partial charge in [-0.05, 0) is 38.8 Å². The van der Waals surface area contributed by atoms with E-state index in [2.05, 4.69) is 11.8 Å². The molecule has 0 spiro atoms. The van der Waals surface area contributed by atoms with Crippen LogP contribution >= 0.6 is 0 Å². The van der Waals surface area contributed by atoms with Crippen LogP contribution in [0.25, 0.3) is 0 Å². The number of unbranched alkanes of at least 4 members (excludes halogenated alkanes) is 12. The summed E-state index contributed by atoms with van der Waals surface area (Å²) in [5, 5.41) is 0. The van der Waals surface area contributed by atoms with E-state index in [0.717, 1.165) is 45.4 Å². The number of likely N-dealkylation sites (tertiary alicyclic amines) is 2. The van der Waals surface area contributed by atoms with Crippen molar-refractivity contribution in [1.82, 2.24) is 9.80 Å². The minimum Gasteiger partial charge on any atom is -0.459 e. The molecule has 0 bridgehead atoms. The van der Waals surface area contributed by atoms with Crippen LogP contribution in [0.1, 0.15) is 129 Å². The first-order valence-corrected chi connectivity index (χ1v) is 14.4. The summed E-state index contributed by atoms with van der Waals surface area (Å²) in [7, 11) is 0. The Kier molecular flexibility index (Phi) is 15.6. The van der Waals surface area contributed by atoms with Crippen molar-refractivity contribution in [2.24, 2.45) is 0 Å². The zero-order valence-electron chi connectivity index (χ0n) is 21.7. The molecule has 1 unspecified atom stereocenters. The molecule has 5 nitrogen and oxygen atoms in total. The third-order valence-corrected chi connectivity index (χ3v) is 7.29. The molecule has 0 saturated carbocycles. The van der Waals surface area contributed by atoms with Crippen LogP contribution in [-0.2, 0) is 14.3 Å². The summed E-state index contributed by atoms with van der Waals surface area (Å²) >= 11 is 0. The molecule has 2 aliphatic heterocycles. The van der Waals surface area contributed by atoms with E-state index in [9.17, 15) is 9.59 Å². The van der Waals surface area contributed by atoms with Crippen molar-refractivity contribution in [2.75, 3.05) is 32.7 Å². The van der Waals surface area contributed by atoms with E-state index in [4.69, 9.17) is 4.74 Å². The summed E-state index contributed by atoms with van der Waals surface area (Å²) in [5.74, 6) is 0.137. The van der Waals surface area contributed by atoms with Crippen LogP contribution in [0.2, 0.25) is 0 Å². The number of ether oxygens (including phenoxy) is 1. The van der Waals surface area contributed by atoms with Gasteiger partial charge in [0.2, 0.25) is 5.91 Å². The molecular weight excluding hydrogens is 412 g/mol. The summed E-state index contributed by atoms with van der Waals surface area (Å²) < 4.78 is 5.90. The van der Waals surface area contributed by atoms with E-state index in [0.29, 0.717) is 19.4 Å². The van der Waals surface area contributed by atoms with Crippen LogP contribution in [0.5, 0.6) is 0 Å². The lowest BCUT2D eigenvalue weighted by molar-refractivity contribution is -0.152. The minimum atomic E-state index is -0.181. The minimum absolute atomic E-state index is 0.0771. The third kappa shape index (κ3) is 13.4. The molecule has 0 radical (unpaired) electrons. The summed E-state index contributed by atoms with van der Waals surface area (Å²) in [6.07, 6.45) is 22.7. The molecule has 0 N–H and O–H groups in total. The van der Waals surface area contributed by atoms with E-state index in [1.54, 1.807) is 0 Å². The van der Waals surface area contributed by atoms with Crippen molar-refractivity contribution < 1.29 is 14.3 Å². The maximum Gasteiger partial charge on any atom is 0.306 e. The molecule has 2 heterocycles. The summed E-state index contributed by atoms with van der Waals surface area (Å²) in [4.78, 5) is 28.9. The van der Waals surface area contributed by atoms with Gasteiger partial charge in [0.05, 0.1) is 6.54 Å². The van der Waals surface area contributed by atoms with E-state index < -0.39 is 0 Å². The first kappa shape index (κ1) is 28.1. The Balaban J connectivity index is 1.52. The lowest BCUT2D eigenvalue weighted by Crippen LogP contribution is -2.44. The van der Waals surface area contributed by atoms with Gasteiger partial charge in [-0.25, -0.2) is 0 Å². The summed E-state index contributed by atoms with van der Waals surface area (Å²) in [6.45, 7) is 6.59. The molecule has 0 aliphatic carbocycles. The Hall–Kier alpha value is -1.10. The zero-order valence-corrected chi connectivity index (χ0v) is 21.7. The molecule has 0 aromatic carbocycles. The van der Waals surface area contributed by atoms with Gasteiger partial charge in [-0.1, -0.05) is 90.4 Å². The number of hydrogen-bond donors (Lipinski definition) is 0. The van der Waals surface area contributed by atoms with E-state index in [1.165, 1.54) is 89.9 Å². The number of amides is 1. The fraction of sp³-hybridized carbons (Fsp3) is 0.929. The largest absolute Gasteiger partial charge is 0.459 e. The molecule has 2 fully saturated rings. The van der Waals surface area contributed by atoms with Crippen molar-refractivity contribution in [3.63, 3.8) is 0 Å². The van der Waals surface area contributed by atoms with E-state index >= 15 is 0 Å². The molecule has 2 rings (SSSR count). The van der Waals surface area contributed by atoms with Crippen LogP contribution < -0.4 is 0 Å². The van der Waals surface area contributed by atoms with Crippen molar-refractivity contribution >= 4 is 11.9 Å². The maximum atomic E-state index is 12.5. The number of rotatable bonds is 19. The Bertz CT molecular complexity index is 519. The molecule has 1 atom stereocenters. The van der Waals surface area contributed by atoms with Crippen molar-refractivity contribution in [2.45, 2.75) is 135 Å². The highest BCUT2D eigenvalue weighted by atomic mass is 16.5. The SMILES string of the molecule is CCCCCCCCCCCCCCCC(=O)OC(CN1CCCCC1)CN1CCCC1=O. The van der Waals surface area contributed by atoms with Gasteiger partial charge in [0, 0.05) is 25.9 Å². The standard InChI is InChI=1S/C28H52N2O3/c1-2-3-4-5-6-7-8-9-10-11-12-13-15-20-28(32)33-26(24-29-21-16-14-17-22-29)25-30-23-18-19-27(30)31/h26H,2-25H2,1H3. The molecular formula is C28H52N2O3. The smallest absolute Gasteiger partial charge is 0.306 e. The number of carbonyl (C=O) groups excluding carboxylic acids is 2. The van der Waals surface area contributed by atoms with E-state index in [-0.39, 0.29) is 18.0 Å². The quantitative estimate of drug-likeness (QED) is 0.162. The van der Waals surface area contributed by atoms with Crippen LogP contribution in [0.15, 0.2) is 0 Å². The number of piperidine rings is 1. The first-order chi connectivity index (χ1) is 16.2. The fourth-order valence-corrected chi connectivity index (χ4v) is 5.24. The molecule has 0 aromatic rings. The molecule has 33 heavy (non-hydrogen) atoms. The molecule has 5 heteroatoms. The van der Waals surface area contributed by atoms with Crippen LogP contribution in [0.4, 0.5) is 0 Å². The van der Waals surface area contributed by atoms with Gasteiger partial charge in [0.25, 0.3) is 0 Å². The Morgan fingerprint density at radius 2 is 1.33 bits per heavy atom. The number of carbonyl (C=O) groups is 2. The fourth-order valence-electron chi connectivity index (χ4n) is 5.24. The average Bonchev–Trinajstić information content (AvgIpc) is 3.21. The van der Waals surface area contributed by atoms with Gasteiger partial charge in [0.15, 0.2) is 0 Å². The monoisotopic (exact) mass is 464 g/mol. The van der Waals surface area contributed by atoms with Gasteiger partial charge >= 0.3 is 5.97 Å². The van der Waals surface area contributed by atoms with Gasteiger partial charge in [-0.3, -0.25) is 14.5 Å². The van der Waals surface area contributed by atoms with Crippen molar-refractivity contribution in [1.29, 1.82) is 0 Å². The first-order valence-electron chi connectivity index (χ1n) is 14.4. The highest BCUT2D eigenvalue weighted by Crippen LogP contribution is 2.16. The van der Waals surface area contributed by atoms with Gasteiger partial charge in [0.1, 0.15) is 6.10 Å². The third-order valence-electron chi connectivity index (χ3n) is 7.29. The molecule has 0 aromatic heterocycles. The summed E-state index contributed by atoms with van der Waals surface area (Å²) in [6, 6.07) is 0. The number of hydrogen-bond acceptors (Lipinski definition) is 4. The Morgan fingerprint density at radius 1 is 0.758 bits per heavy atom. The van der Waals surface area contributed by atoms with Gasteiger partial charge in [-0.2, -0.15) is 0 Å².